The SMILES string of the molecule is CC(=O)CC(C)=NNC(=O)OC(C)(C)C. The van der Waals surface area contributed by atoms with Gasteiger partial charge >= 0.3 is 6.09 Å². The molecule has 0 atom stereocenters. The first-order valence-corrected chi connectivity index (χ1v) is 4.72. The van der Waals surface area contributed by atoms with Crippen LogP contribution < -0.4 is 5.43 Å². The standard InChI is InChI=1S/C10H18N2O3/c1-7(6-8(2)13)11-12-9(14)15-10(3,4)5/h6H2,1-5H3,(H,12,14). The van der Waals surface area contributed by atoms with Crippen molar-refractivity contribution in [2.75, 3.05) is 0 Å². The molecular weight excluding hydrogens is 196 g/mol. The quantitative estimate of drug-likeness (QED) is 0.576. The molecule has 0 saturated carbocycles. The average molecular weight is 214 g/mol. The van der Waals surface area contributed by atoms with Crippen LogP contribution in [0.3, 0.4) is 0 Å². The first-order valence-electron chi connectivity index (χ1n) is 4.72. The number of ether oxygens (including phenoxy) is 1. The molecule has 1 N–H and O–H groups in total. The van der Waals surface area contributed by atoms with Gasteiger partial charge in [-0.3, -0.25) is 4.79 Å². The highest BCUT2D eigenvalue weighted by Gasteiger charge is 2.15. The van der Waals surface area contributed by atoms with Crippen molar-refractivity contribution in [3.8, 4) is 0 Å². The Balaban J connectivity index is 4.04. The Morgan fingerprint density at radius 3 is 2.20 bits per heavy atom. The third-order valence-electron chi connectivity index (χ3n) is 1.24. The lowest BCUT2D eigenvalue weighted by molar-refractivity contribution is -0.115. The van der Waals surface area contributed by atoms with Crippen LogP contribution in [0.5, 0.6) is 0 Å². The van der Waals surface area contributed by atoms with Gasteiger partial charge in [0.15, 0.2) is 0 Å². The number of hydrazone groups is 1. The van der Waals surface area contributed by atoms with Gasteiger partial charge in [0.25, 0.3) is 0 Å². The van der Waals surface area contributed by atoms with Gasteiger partial charge in [-0.15, -0.1) is 0 Å². The molecule has 0 bridgehead atoms. The molecule has 5 nitrogen and oxygen atoms in total. The highest BCUT2D eigenvalue weighted by atomic mass is 16.6. The summed E-state index contributed by atoms with van der Waals surface area (Å²) in [6.45, 7) is 8.42. The number of hydrogen-bond donors (Lipinski definition) is 1. The van der Waals surface area contributed by atoms with E-state index < -0.39 is 11.7 Å². The van der Waals surface area contributed by atoms with Crippen molar-refractivity contribution < 1.29 is 14.3 Å². The van der Waals surface area contributed by atoms with Crippen molar-refractivity contribution in [1.29, 1.82) is 0 Å². The molecule has 5 heteroatoms. The number of nitrogens with one attached hydrogen (secondary N) is 1. The molecule has 0 aliphatic rings. The van der Waals surface area contributed by atoms with Gasteiger partial charge < -0.3 is 4.74 Å². The number of Topliss-reactive ketones (excluding diaryl/α,β-unsaturated/α-hetero) is 1. The lowest BCUT2D eigenvalue weighted by Crippen LogP contribution is -2.30. The Kier molecular flexibility index (Phi) is 4.97. The minimum atomic E-state index is -0.620. The smallest absolute Gasteiger partial charge is 0.428 e. The molecule has 0 aromatic rings. The van der Waals surface area contributed by atoms with Crippen molar-refractivity contribution in [2.24, 2.45) is 5.10 Å². The van der Waals surface area contributed by atoms with E-state index in [4.69, 9.17) is 4.74 Å². The van der Waals surface area contributed by atoms with Gasteiger partial charge in [-0.1, -0.05) is 0 Å². The second-order valence-corrected chi connectivity index (χ2v) is 4.34. The predicted molar refractivity (Wildman–Crippen MR) is 57.8 cm³/mol. The van der Waals surface area contributed by atoms with Crippen molar-refractivity contribution in [3.63, 3.8) is 0 Å². The number of amides is 1. The Bertz CT molecular complexity index is 277. The molecule has 0 unspecified atom stereocenters. The normalized spacial score (nSPS) is 12.2. The van der Waals surface area contributed by atoms with Gasteiger partial charge in [-0.05, 0) is 34.6 Å². The Morgan fingerprint density at radius 2 is 1.80 bits per heavy atom. The van der Waals surface area contributed by atoms with Crippen LogP contribution in [0.2, 0.25) is 0 Å². The number of nitrogens with zero attached hydrogens (tertiary/aromatic N) is 1. The molecule has 1 amide bonds. The molecule has 0 spiro atoms. The fourth-order valence-corrected chi connectivity index (χ4v) is 0.842. The van der Waals surface area contributed by atoms with Crippen LogP contribution in [0, 0.1) is 0 Å². The van der Waals surface area contributed by atoms with Crippen LogP contribution >= 0.6 is 0 Å². The summed E-state index contributed by atoms with van der Waals surface area (Å²) in [5.41, 5.74) is 2.22. The van der Waals surface area contributed by atoms with Crippen LogP contribution in [0.15, 0.2) is 5.10 Å². The summed E-state index contributed by atoms with van der Waals surface area (Å²) in [4.78, 5) is 21.8. The molecule has 86 valence electrons. The van der Waals surface area contributed by atoms with Crippen molar-refractivity contribution in [1.82, 2.24) is 5.43 Å². The molecule has 0 fully saturated rings. The first-order chi connectivity index (χ1) is 6.70. The highest BCUT2D eigenvalue weighted by molar-refractivity contribution is 5.99. The molecule has 0 saturated heterocycles. The van der Waals surface area contributed by atoms with E-state index in [9.17, 15) is 9.59 Å². The maximum atomic E-state index is 11.1. The molecule has 0 heterocycles. The van der Waals surface area contributed by atoms with Crippen LogP contribution in [-0.4, -0.2) is 23.2 Å². The zero-order valence-corrected chi connectivity index (χ0v) is 9.88. The number of hydrogen-bond acceptors (Lipinski definition) is 4. The van der Waals surface area contributed by atoms with Gasteiger partial charge in [-0.25, -0.2) is 10.2 Å². The Morgan fingerprint density at radius 1 is 1.27 bits per heavy atom. The first kappa shape index (κ1) is 13.6. The number of carbonyl (C=O) groups is 2. The molecular formula is C10H18N2O3. The van der Waals surface area contributed by atoms with E-state index in [2.05, 4.69) is 10.5 Å². The van der Waals surface area contributed by atoms with Crippen molar-refractivity contribution in [3.05, 3.63) is 0 Å². The summed E-state index contributed by atoms with van der Waals surface area (Å²) < 4.78 is 4.95. The van der Waals surface area contributed by atoms with Gasteiger partial charge in [-0.2, -0.15) is 5.10 Å². The summed E-state index contributed by atoms with van der Waals surface area (Å²) >= 11 is 0. The lowest BCUT2D eigenvalue weighted by atomic mass is 10.2. The summed E-state index contributed by atoms with van der Waals surface area (Å²) in [5, 5.41) is 3.72. The van der Waals surface area contributed by atoms with Crippen molar-refractivity contribution >= 4 is 17.6 Å². The van der Waals surface area contributed by atoms with Gasteiger partial charge in [0.2, 0.25) is 0 Å². The van der Waals surface area contributed by atoms with E-state index in [1.54, 1.807) is 27.7 Å². The van der Waals surface area contributed by atoms with E-state index in [1.165, 1.54) is 6.92 Å². The molecule has 0 aromatic carbocycles. The molecule has 0 rings (SSSR count). The minimum absolute atomic E-state index is 0.00207. The largest absolute Gasteiger partial charge is 0.443 e. The number of ketones is 1. The van der Waals surface area contributed by atoms with E-state index in [0.29, 0.717) is 5.71 Å². The number of rotatable bonds is 3. The fraction of sp³-hybridized carbons (Fsp3) is 0.700. The van der Waals surface area contributed by atoms with Crippen LogP contribution in [0.1, 0.15) is 41.0 Å². The topological polar surface area (TPSA) is 67.8 Å². The van der Waals surface area contributed by atoms with E-state index in [-0.39, 0.29) is 12.2 Å². The molecule has 15 heavy (non-hydrogen) atoms. The monoisotopic (exact) mass is 214 g/mol. The zero-order chi connectivity index (χ0) is 12.1. The van der Waals surface area contributed by atoms with Crippen LogP contribution in [-0.2, 0) is 9.53 Å². The lowest BCUT2D eigenvalue weighted by Gasteiger charge is -2.18. The molecule has 0 aliphatic carbocycles. The van der Waals surface area contributed by atoms with Gasteiger partial charge in [0.05, 0.1) is 0 Å². The van der Waals surface area contributed by atoms with Crippen molar-refractivity contribution in [2.45, 2.75) is 46.6 Å². The summed E-state index contributed by atoms with van der Waals surface area (Å²) in [5.74, 6) is 0.00207. The second kappa shape index (κ2) is 5.48. The molecule has 0 aliphatic heterocycles. The maximum Gasteiger partial charge on any atom is 0.428 e. The van der Waals surface area contributed by atoms with E-state index in [1.807, 2.05) is 0 Å². The second-order valence-electron chi connectivity index (χ2n) is 4.34. The summed E-state index contributed by atoms with van der Waals surface area (Å²) in [6.07, 6.45) is -0.388. The van der Waals surface area contributed by atoms with Gasteiger partial charge in [0.1, 0.15) is 11.4 Å². The third kappa shape index (κ3) is 8.93. The zero-order valence-electron chi connectivity index (χ0n) is 9.88. The third-order valence-corrected chi connectivity index (χ3v) is 1.24. The summed E-state index contributed by atoms with van der Waals surface area (Å²) in [7, 11) is 0. The van der Waals surface area contributed by atoms with E-state index >= 15 is 0 Å². The molecule has 0 aromatic heterocycles. The van der Waals surface area contributed by atoms with Gasteiger partial charge in [0, 0.05) is 12.1 Å². The highest BCUT2D eigenvalue weighted by Crippen LogP contribution is 2.06. The maximum absolute atomic E-state index is 11.1. The Hall–Kier alpha value is -1.39. The van der Waals surface area contributed by atoms with Crippen LogP contribution in [0.4, 0.5) is 4.79 Å². The minimum Gasteiger partial charge on any atom is -0.443 e. The number of carbonyl (C=O) groups excluding carboxylic acids is 2. The fourth-order valence-electron chi connectivity index (χ4n) is 0.842. The Labute approximate surface area is 89.9 Å². The van der Waals surface area contributed by atoms with E-state index in [0.717, 1.165) is 0 Å². The average Bonchev–Trinajstić information content (AvgIpc) is 1.96. The molecule has 0 radical (unpaired) electrons. The predicted octanol–water partition coefficient (Wildman–Crippen LogP) is 1.87. The summed E-state index contributed by atoms with van der Waals surface area (Å²) in [6, 6.07) is 0. The van der Waals surface area contributed by atoms with Crippen LogP contribution in [0.25, 0.3) is 0 Å².